The lowest BCUT2D eigenvalue weighted by Crippen LogP contribution is -2.48. The summed E-state index contributed by atoms with van der Waals surface area (Å²) >= 11 is 1.82. The zero-order valence-electron chi connectivity index (χ0n) is 10.9. The molecule has 0 aliphatic carbocycles. The number of likely N-dealkylation sites (N-methyl/N-ethyl adjacent to an activating group) is 1. The molecule has 2 N–H and O–H groups in total. The van der Waals surface area contributed by atoms with E-state index in [2.05, 4.69) is 50.1 Å². The first kappa shape index (κ1) is 13.7. The van der Waals surface area contributed by atoms with E-state index in [-0.39, 0.29) is 5.41 Å². The Hall–Kier alpha value is -0.380. The molecular weight excluding hydrogens is 216 g/mol. The van der Waals surface area contributed by atoms with Crippen molar-refractivity contribution >= 4 is 11.3 Å². The fraction of sp³-hybridized carbons (Fsp3) is 0.692. The van der Waals surface area contributed by atoms with E-state index in [0.717, 1.165) is 19.6 Å². The maximum atomic E-state index is 5.93. The van der Waals surface area contributed by atoms with Crippen LogP contribution < -0.4 is 5.73 Å². The molecule has 0 aliphatic heterocycles. The van der Waals surface area contributed by atoms with Gasteiger partial charge < -0.3 is 5.73 Å². The highest BCUT2D eigenvalue weighted by Gasteiger charge is 2.28. The van der Waals surface area contributed by atoms with E-state index in [0.29, 0.717) is 6.04 Å². The van der Waals surface area contributed by atoms with Crippen LogP contribution in [0.4, 0.5) is 0 Å². The van der Waals surface area contributed by atoms with Gasteiger partial charge in [0, 0.05) is 24.0 Å². The molecule has 0 amide bonds. The maximum Gasteiger partial charge on any atom is 0.0331 e. The van der Waals surface area contributed by atoms with Crippen LogP contribution in [-0.4, -0.2) is 24.0 Å². The van der Waals surface area contributed by atoms with Crippen LogP contribution in [0, 0.1) is 5.41 Å². The van der Waals surface area contributed by atoms with Gasteiger partial charge in [-0.15, -0.1) is 11.3 Å². The number of rotatable bonds is 5. The van der Waals surface area contributed by atoms with Crippen molar-refractivity contribution in [2.24, 2.45) is 11.1 Å². The zero-order valence-corrected chi connectivity index (χ0v) is 11.7. The Balaban J connectivity index is 2.72. The van der Waals surface area contributed by atoms with Crippen molar-refractivity contribution in [2.75, 3.05) is 13.1 Å². The Morgan fingerprint density at radius 1 is 1.44 bits per heavy atom. The second kappa shape index (κ2) is 5.80. The summed E-state index contributed by atoms with van der Waals surface area (Å²) in [5, 5.41) is 2.14. The highest BCUT2D eigenvalue weighted by molar-refractivity contribution is 7.09. The summed E-state index contributed by atoms with van der Waals surface area (Å²) in [5.41, 5.74) is 6.16. The van der Waals surface area contributed by atoms with Gasteiger partial charge >= 0.3 is 0 Å². The minimum Gasteiger partial charge on any atom is -0.329 e. The third-order valence-corrected chi connectivity index (χ3v) is 3.87. The molecule has 0 saturated carbocycles. The number of nitrogens with zero attached hydrogens (tertiary/aromatic N) is 1. The van der Waals surface area contributed by atoms with Crippen LogP contribution >= 0.6 is 11.3 Å². The molecule has 1 aromatic rings. The molecule has 0 aliphatic rings. The summed E-state index contributed by atoms with van der Waals surface area (Å²) in [4.78, 5) is 3.90. The molecule has 1 unspecified atom stereocenters. The highest BCUT2D eigenvalue weighted by atomic mass is 32.1. The Morgan fingerprint density at radius 2 is 2.12 bits per heavy atom. The van der Waals surface area contributed by atoms with Gasteiger partial charge in [0.25, 0.3) is 0 Å². The first-order valence-electron chi connectivity index (χ1n) is 5.95. The van der Waals surface area contributed by atoms with Crippen molar-refractivity contribution in [1.82, 2.24) is 4.90 Å². The summed E-state index contributed by atoms with van der Waals surface area (Å²) in [6, 6.07) is 4.76. The van der Waals surface area contributed by atoms with Crippen LogP contribution in [0.3, 0.4) is 0 Å². The summed E-state index contributed by atoms with van der Waals surface area (Å²) < 4.78 is 0. The summed E-state index contributed by atoms with van der Waals surface area (Å²) in [7, 11) is 0. The zero-order chi connectivity index (χ0) is 12.2. The third kappa shape index (κ3) is 3.58. The van der Waals surface area contributed by atoms with Gasteiger partial charge in [-0.3, -0.25) is 4.90 Å². The van der Waals surface area contributed by atoms with Gasteiger partial charge in [0.05, 0.1) is 0 Å². The lowest BCUT2D eigenvalue weighted by atomic mass is 9.85. The maximum absolute atomic E-state index is 5.93. The van der Waals surface area contributed by atoms with Crippen LogP contribution in [0.5, 0.6) is 0 Å². The van der Waals surface area contributed by atoms with Crippen molar-refractivity contribution in [2.45, 2.75) is 40.3 Å². The Morgan fingerprint density at radius 3 is 2.50 bits per heavy atom. The van der Waals surface area contributed by atoms with E-state index in [1.165, 1.54) is 4.88 Å². The molecule has 0 aromatic carbocycles. The molecule has 92 valence electrons. The van der Waals surface area contributed by atoms with Crippen molar-refractivity contribution in [3.63, 3.8) is 0 Å². The Bertz CT molecular complexity index is 287. The first-order valence-corrected chi connectivity index (χ1v) is 6.83. The van der Waals surface area contributed by atoms with E-state index >= 15 is 0 Å². The van der Waals surface area contributed by atoms with Crippen molar-refractivity contribution in [3.05, 3.63) is 22.4 Å². The van der Waals surface area contributed by atoms with Gasteiger partial charge in [0.2, 0.25) is 0 Å². The number of thiophene rings is 1. The van der Waals surface area contributed by atoms with Crippen LogP contribution in [0.1, 0.15) is 32.6 Å². The molecule has 0 saturated heterocycles. The smallest absolute Gasteiger partial charge is 0.0331 e. The topological polar surface area (TPSA) is 29.3 Å². The predicted octanol–water partition coefficient (Wildman–Crippen LogP) is 2.94. The molecule has 3 heteroatoms. The fourth-order valence-corrected chi connectivity index (χ4v) is 2.82. The van der Waals surface area contributed by atoms with E-state index in [1.807, 2.05) is 11.3 Å². The average molecular weight is 240 g/mol. The molecule has 16 heavy (non-hydrogen) atoms. The van der Waals surface area contributed by atoms with Crippen molar-refractivity contribution < 1.29 is 0 Å². The molecule has 1 aromatic heterocycles. The Kier molecular flexibility index (Phi) is 4.96. The summed E-state index contributed by atoms with van der Waals surface area (Å²) in [5.74, 6) is 0. The number of hydrogen-bond acceptors (Lipinski definition) is 3. The van der Waals surface area contributed by atoms with Crippen LogP contribution in [-0.2, 0) is 6.54 Å². The molecule has 1 atom stereocenters. The monoisotopic (exact) mass is 240 g/mol. The molecule has 0 radical (unpaired) electrons. The summed E-state index contributed by atoms with van der Waals surface area (Å²) in [6.45, 7) is 11.8. The van der Waals surface area contributed by atoms with Gasteiger partial charge in [-0.05, 0) is 23.4 Å². The summed E-state index contributed by atoms with van der Waals surface area (Å²) in [6.07, 6.45) is 0. The molecule has 1 heterocycles. The molecule has 0 fully saturated rings. The minimum atomic E-state index is 0.238. The van der Waals surface area contributed by atoms with Gasteiger partial charge in [-0.25, -0.2) is 0 Å². The second-order valence-corrected chi connectivity index (χ2v) is 6.29. The van der Waals surface area contributed by atoms with E-state index in [9.17, 15) is 0 Å². The van der Waals surface area contributed by atoms with Crippen LogP contribution in [0.15, 0.2) is 17.5 Å². The molecule has 2 nitrogen and oxygen atoms in total. The second-order valence-electron chi connectivity index (χ2n) is 5.26. The fourth-order valence-electron chi connectivity index (χ4n) is 2.10. The lowest BCUT2D eigenvalue weighted by molar-refractivity contribution is 0.104. The quantitative estimate of drug-likeness (QED) is 0.857. The average Bonchev–Trinajstić information content (AvgIpc) is 2.67. The van der Waals surface area contributed by atoms with E-state index in [1.54, 1.807) is 0 Å². The molecule has 0 bridgehead atoms. The Labute approximate surface area is 103 Å². The van der Waals surface area contributed by atoms with Gasteiger partial charge in [0.15, 0.2) is 0 Å². The van der Waals surface area contributed by atoms with Crippen molar-refractivity contribution in [1.29, 1.82) is 0 Å². The standard InChI is InChI=1S/C13H24N2S/c1-5-15(10-11-7-6-8-16-11)12(9-14)13(2,3)4/h6-8,12H,5,9-10,14H2,1-4H3. The van der Waals surface area contributed by atoms with E-state index < -0.39 is 0 Å². The molecular formula is C13H24N2S. The minimum absolute atomic E-state index is 0.238. The number of nitrogens with two attached hydrogens (primary N) is 1. The van der Waals surface area contributed by atoms with Gasteiger partial charge in [-0.1, -0.05) is 33.8 Å². The van der Waals surface area contributed by atoms with Crippen molar-refractivity contribution in [3.8, 4) is 0 Å². The lowest BCUT2D eigenvalue weighted by Gasteiger charge is -2.39. The van der Waals surface area contributed by atoms with Crippen LogP contribution in [0.25, 0.3) is 0 Å². The van der Waals surface area contributed by atoms with Gasteiger partial charge in [-0.2, -0.15) is 0 Å². The molecule has 1 rings (SSSR count). The normalized spacial score (nSPS) is 14.4. The number of hydrogen-bond donors (Lipinski definition) is 1. The largest absolute Gasteiger partial charge is 0.329 e. The van der Waals surface area contributed by atoms with E-state index in [4.69, 9.17) is 5.73 Å². The third-order valence-electron chi connectivity index (χ3n) is 3.01. The van der Waals surface area contributed by atoms with Crippen LogP contribution in [0.2, 0.25) is 0 Å². The predicted molar refractivity (Wildman–Crippen MR) is 72.7 cm³/mol. The molecule has 0 spiro atoms. The van der Waals surface area contributed by atoms with Gasteiger partial charge in [0.1, 0.15) is 0 Å². The first-order chi connectivity index (χ1) is 7.49. The SMILES string of the molecule is CCN(Cc1cccs1)C(CN)C(C)(C)C. The highest BCUT2D eigenvalue weighted by Crippen LogP contribution is 2.25.